The number of anilines is 1. The van der Waals surface area contributed by atoms with E-state index in [1.165, 1.54) is 17.7 Å². The highest BCUT2D eigenvalue weighted by Crippen LogP contribution is 2.31. The first-order chi connectivity index (χ1) is 6.45. The fourth-order valence-electron chi connectivity index (χ4n) is 2.41. The van der Waals surface area contributed by atoms with Crippen molar-refractivity contribution in [3.8, 4) is 0 Å². The number of hydrogen-bond donors (Lipinski definition) is 1. The Bertz CT molecular complexity index is 322. The average Bonchev–Trinajstić information content (AvgIpc) is 2.56. The first-order valence-corrected chi connectivity index (χ1v) is 4.91. The van der Waals surface area contributed by atoms with Gasteiger partial charge in [-0.2, -0.15) is 0 Å². The summed E-state index contributed by atoms with van der Waals surface area (Å²) in [5.41, 5.74) is 2.90. The highest BCUT2D eigenvalue weighted by atomic mass is 15.2. The Hall–Kier alpha value is -1.02. The zero-order valence-electron chi connectivity index (χ0n) is 7.59. The van der Waals surface area contributed by atoms with Crippen molar-refractivity contribution in [2.75, 3.05) is 24.5 Å². The Labute approximate surface area is 78.6 Å². The number of piperazine rings is 1. The minimum Gasteiger partial charge on any atom is -0.365 e. The summed E-state index contributed by atoms with van der Waals surface area (Å²) in [4.78, 5) is 2.53. The number of rotatable bonds is 0. The standard InChI is InChI=1S/C11H13N2/c1-2-4-11-9(3-1)7-10-8-12-5-6-13(10)11/h2-4,10,12H,5-8H2. The summed E-state index contributed by atoms with van der Waals surface area (Å²) in [6.07, 6.45) is 1.19. The Morgan fingerprint density at radius 1 is 1.54 bits per heavy atom. The molecule has 1 saturated heterocycles. The molecule has 2 nitrogen and oxygen atoms in total. The van der Waals surface area contributed by atoms with Gasteiger partial charge in [0.05, 0.1) is 0 Å². The summed E-state index contributed by atoms with van der Waals surface area (Å²) in [5.74, 6) is 0. The van der Waals surface area contributed by atoms with Crippen molar-refractivity contribution in [3.05, 3.63) is 29.8 Å². The molecule has 1 aromatic carbocycles. The maximum absolute atomic E-state index is 3.44. The van der Waals surface area contributed by atoms with Gasteiger partial charge in [-0.25, -0.2) is 0 Å². The second-order valence-corrected chi connectivity index (χ2v) is 3.81. The molecule has 1 fully saturated rings. The first kappa shape index (κ1) is 7.39. The molecule has 0 saturated carbocycles. The van der Waals surface area contributed by atoms with E-state index in [2.05, 4.69) is 28.4 Å². The van der Waals surface area contributed by atoms with Crippen LogP contribution in [0.2, 0.25) is 0 Å². The normalized spacial score (nSPS) is 25.5. The molecule has 2 aliphatic rings. The van der Waals surface area contributed by atoms with E-state index >= 15 is 0 Å². The van der Waals surface area contributed by atoms with Gasteiger partial charge in [0, 0.05) is 31.4 Å². The fourth-order valence-corrected chi connectivity index (χ4v) is 2.41. The molecule has 1 aromatic rings. The van der Waals surface area contributed by atoms with Gasteiger partial charge in [-0.1, -0.05) is 6.07 Å². The van der Waals surface area contributed by atoms with E-state index in [0.29, 0.717) is 6.04 Å². The molecule has 0 aromatic heterocycles. The van der Waals surface area contributed by atoms with Gasteiger partial charge < -0.3 is 10.2 Å². The van der Waals surface area contributed by atoms with Gasteiger partial charge in [0.2, 0.25) is 0 Å². The quantitative estimate of drug-likeness (QED) is 0.625. The van der Waals surface area contributed by atoms with Crippen molar-refractivity contribution in [3.63, 3.8) is 0 Å². The number of nitrogens with one attached hydrogen (secondary N) is 1. The average molecular weight is 173 g/mol. The molecule has 0 amide bonds. The summed E-state index contributed by atoms with van der Waals surface area (Å²) in [6, 6.07) is 10.2. The summed E-state index contributed by atoms with van der Waals surface area (Å²) in [6.45, 7) is 3.41. The predicted molar refractivity (Wildman–Crippen MR) is 53.0 cm³/mol. The summed E-state index contributed by atoms with van der Waals surface area (Å²) in [7, 11) is 0. The summed E-state index contributed by atoms with van der Waals surface area (Å²) in [5, 5.41) is 3.44. The van der Waals surface area contributed by atoms with Crippen LogP contribution in [0, 0.1) is 6.07 Å². The lowest BCUT2D eigenvalue weighted by Gasteiger charge is -2.32. The van der Waals surface area contributed by atoms with Gasteiger partial charge >= 0.3 is 0 Å². The number of nitrogens with zero attached hydrogens (tertiary/aromatic N) is 1. The van der Waals surface area contributed by atoms with Crippen LogP contribution in [0.1, 0.15) is 5.56 Å². The van der Waals surface area contributed by atoms with Gasteiger partial charge in [-0.15, -0.1) is 0 Å². The lowest BCUT2D eigenvalue weighted by atomic mass is 10.1. The molecule has 1 unspecified atom stereocenters. The predicted octanol–water partition coefficient (Wildman–Crippen LogP) is 0.821. The maximum Gasteiger partial charge on any atom is 0.0456 e. The molecule has 2 aliphatic heterocycles. The smallest absolute Gasteiger partial charge is 0.0456 e. The first-order valence-electron chi connectivity index (χ1n) is 4.91. The van der Waals surface area contributed by atoms with Gasteiger partial charge in [0.1, 0.15) is 0 Å². The summed E-state index contributed by atoms with van der Waals surface area (Å²) < 4.78 is 0. The van der Waals surface area contributed by atoms with Gasteiger partial charge in [-0.05, 0) is 30.2 Å². The van der Waals surface area contributed by atoms with Gasteiger partial charge in [-0.3, -0.25) is 0 Å². The Kier molecular flexibility index (Phi) is 1.56. The highest BCUT2D eigenvalue weighted by molar-refractivity contribution is 5.59. The molecule has 3 rings (SSSR count). The molecular formula is C11H13N2. The van der Waals surface area contributed by atoms with Crippen LogP contribution in [0.4, 0.5) is 5.69 Å². The minimum atomic E-state index is 0.694. The Morgan fingerprint density at radius 3 is 3.54 bits per heavy atom. The third-order valence-electron chi connectivity index (χ3n) is 3.04. The molecule has 2 heterocycles. The molecule has 1 N–H and O–H groups in total. The zero-order valence-corrected chi connectivity index (χ0v) is 7.59. The molecule has 0 spiro atoms. The monoisotopic (exact) mass is 173 g/mol. The molecule has 13 heavy (non-hydrogen) atoms. The van der Waals surface area contributed by atoms with E-state index in [-0.39, 0.29) is 0 Å². The lowest BCUT2D eigenvalue weighted by molar-refractivity contribution is 0.495. The van der Waals surface area contributed by atoms with Crippen LogP contribution < -0.4 is 10.2 Å². The van der Waals surface area contributed by atoms with Crippen molar-refractivity contribution in [1.82, 2.24) is 5.32 Å². The topological polar surface area (TPSA) is 15.3 Å². The Balaban J connectivity index is 2.01. The molecule has 2 heteroatoms. The van der Waals surface area contributed by atoms with Crippen LogP contribution in [-0.4, -0.2) is 25.7 Å². The van der Waals surface area contributed by atoms with E-state index < -0.39 is 0 Å². The van der Waals surface area contributed by atoms with Crippen LogP contribution in [0.15, 0.2) is 18.2 Å². The van der Waals surface area contributed by atoms with Crippen molar-refractivity contribution in [2.45, 2.75) is 12.5 Å². The SMILES string of the molecule is [c]1ccc2c(c1)CC1CNCCN21. The number of fused-ring (bicyclic) bond motifs is 3. The third-order valence-corrected chi connectivity index (χ3v) is 3.04. The zero-order chi connectivity index (χ0) is 8.67. The van der Waals surface area contributed by atoms with Crippen molar-refractivity contribution in [2.24, 2.45) is 0 Å². The van der Waals surface area contributed by atoms with E-state index in [9.17, 15) is 0 Å². The van der Waals surface area contributed by atoms with E-state index in [0.717, 1.165) is 19.6 Å². The molecular weight excluding hydrogens is 160 g/mol. The van der Waals surface area contributed by atoms with Gasteiger partial charge in [0.15, 0.2) is 0 Å². The minimum absolute atomic E-state index is 0.694. The maximum atomic E-state index is 3.44. The molecule has 0 bridgehead atoms. The van der Waals surface area contributed by atoms with E-state index in [1.54, 1.807) is 0 Å². The van der Waals surface area contributed by atoms with Crippen LogP contribution in [0.3, 0.4) is 0 Å². The van der Waals surface area contributed by atoms with E-state index in [4.69, 9.17) is 0 Å². The molecule has 0 aliphatic carbocycles. The fraction of sp³-hybridized carbons (Fsp3) is 0.455. The van der Waals surface area contributed by atoms with Crippen LogP contribution >= 0.6 is 0 Å². The van der Waals surface area contributed by atoms with Crippen molar-refractivity contribution in [1.29, 1.82) is 0 Å². The second-order valence-electron chi connectivity index (χ2n) is 3.81. The molecule has 1 radical (unpaired) electrons. The molecule has 67 valence electrons. The van der Waals surface area contributed by atoms with Crippen molar-refractivity contribution < 1.29 is 0 Å². The third kappa shape index (κ3) is 1.05. The largest absolute Gasteiger partial charge is 0.365 e. The summed E-state index contributed by atoms with van der Waals surface area (Å²) >= 11 is 0. The van der Waals surface area contributed by atoms with Crippen LogP contribution in [-0.2, 0) is 6.42 Å². The second kappa shape index (κ2) is 2.74. The van der Waals surface area contributed by atoms with Crippen LogP contribution in [0.5, 0.6) is 0 Å². The van der Waals surface area contributed by atoms with Crippen molar-refractivity contribution >= 4 is 5.69 Å². The molecule has 1 atom stereocenters. The van der Waals surface area contributed by atoms with E-state index in [1.807, 2.05) is 6.07 Å². The number of benzene rings is 1. The lowest BCUT2D eigenvalue weighted by Crippen LogP contribution is -2.49. The van der Waals surface area contributed by atoms with Gasteiger partial charge in [0.25, 0.3) is 0 Å². The number of hydrogen-bond acceptors (Lipinski definition) is 2. The Morgan fingerprint density at radius 2 is 2.54 bits per heavy atom. The highest BCUT2D eigenvalue weighted by Gasteiger charge is 2.30. The van der Waals surface area contributed by atoms with Crippen LogP contribution in [0.25, 0.3) is 0 Å².